The second-order valence-electron chi connectivity index (χ2n) is 4.77. The average molecular weight is 234 g/mol. The van der Waals surface area contributed by atoms with Crippen LogP contribution in [0.3, 0.4) is 0 Å². The van der Waals surface area contributed by atoms with E-state index in [1.165, 1.54) is 0 Å². The smallest absolute Gasteiger partial charge is 0.227 e. The van der Waals surface area contributed by atoms with Gasteiger partial charge in [0.05, 0.1) is 11.4 Å². The Kier molecular flexibility index (Phi) is 3.07. The fourth-order valence-corrected chi connectivity index (χ4v) is 2.32. The number of benzene rings is 1. The number of nitrogen functional groups attached to an aromatic ring is 1. The van der Waals surface area contributed by atoms with Gasteiger partial charge in [0, 0.05) is 25.5 Å². The predicted molar refractivity (Wildman–Crippen MR) is 67.9 cm³/mol. The number of anilines is 2. The maximum absolute atomic E-state index is 11.9. The fraction of sp³-hybridized carbons (Fsp3) is 0.462. The quantitative estimate of drug-likeness (QED) is 0.756. The van der Waals surface area contributed by atoms with E-state index < -0.39 is 0 Å². The molecule has 17 heavy (non-hydrogen) atoms. The molecule has 4 heteroatoms. The van der Waals surface area contributed by atoms with Gasteiger partial charge < -0.3 is 15.7 Å². The van der Waals surface area contributed by atoms with Crippen molar-refractivity contribution in [1.29, 1.82) is 0 Å². The molecule has 1 unspecified atom stereocenters. The van der Waals surface area contributed by atoms with Gasteiger partial charge in [-0.1, -0.05) is 6.07 Å². The first-order valence-electron chi connectivity index (χ1n) is 5.81. The van der Waals surface area contributed by atoms with Crippen LogP contribution in [0, 0.1) is 19.8 Å². The number of hydrogen-bond acceptors (Lipinski definition) is 3. The lowest BCUT2D eigenvalue weighted by atomic mass is 10.1. The van der Waals surface area contributed by atoms with Crippen molar-refractivity contribution in [2.75, 3.05) is 23.8 Å². The molecule has 0 aromatic heterocycles. The summed E-state index contributed by atoms with van der Waals surface area (Å²) in [6, 6.07) is 3.93. The van der Waals surface area contributed by atoms with Crippen LogP contribution in [-0.2, 0) is 4.79 Å². The molecule has 0 bridgehead atoms. The molecule has 1 amide bonds. The largest absolute Gasteiger partial charge is 0.397 e. The Morgan fingerprint density at radius 2 is 2.18 bits per heavy atom. The summed E-state index contributed by atoms with van der Waals surface area (Å²) in [5.74, 6) is 0.0727. The van der Waals surface area contributed by atoms with E-state index in [-0.39, 0.29) is 18.4 Å². The predicted octanol–water partition coefficient (Wildman–Crippen LogP) is 1.23. The Morgan fingerprint density at radius 3 is 2.76 bits per heavy atom. The first kappa shape index (κ1) is 11.9. The van der Waals surface area contributed by atoms with E-state index >= 15 is 0 Å². The Hall–Kier alpha value is -1.55. The van der Waals surface area contributed by atoms with Crippen molar-refractivity contribution in [1.82, 2.24) is 0 Å². The molecule has 0 radical (unpaired) electrons. The third-order valence-corrected chi connectivity index (χ3v) is 3.26. The minimum atomic E-state index is 0.0303. The lowest BCUT2D eigenvalue weighted by Crippen LogP contribution is -2.26. The molecule has 0 spiro atoms. The summed E-state index contributed by atoms with van der Waals surface area (Å²) >= 11 is 0. The van der Waals surface area contributed by atoms with E-state index in [1.54, 1.807) is 4.90 Å². The Bertz CT molecular complexity index is 457. The number of aliphatic hydroxyl groups excluding tert-OH is 1. The molecule has 0 aliphatic carbocycles. The molecule has 1 atom stereocenters. The highest BCUT2D eigenvalue weighted by molar-refractivity contribution is 5.99. The monoisotopic (exact) mass is 234 g/mol. The van der Waals surface area contributed by atoms with Crippen LogP contribution in [0.5, 0.6) is 0 Å². The van der Waals surface area contributed by atoms with E-state index in [0.29, 0.717) is 18.7 Å². The molecule has 1 heterocycles. The van der Waals surface area contributed by atoms with Gasteiger partial charge in [-0.3, -0.25) is 4.79 Å². The minimum Gasteiger partial charge on any atom is -0.397 e. The molecular formula is C13H18N2O2. The van der Waals surface area contributed by atoms with Crippen molar-refractivity contribution in [3.05, 3.63) is 23.3 Å². The molecule has 92 valence electrons. The van der Waals surface area contributed by atoms with Crippen molar-refractivity contribution in [3.8, 4) is 0 Å². The zero-order valence-electron chi connectivity index (χ0n) is 10.2. The molecule has 1 aromatic rings. The van der Waals surface area contributed by atoms with Gasteiger partial charge >= 0.3 is 0 Å². The van der Waals surface area contributed by atoms with Gasteiger partial charge in [0.15, 0.2) is 0 Å². The van der Waals surface area contributed by atoms with Crippen LogP contribution in [0.15, 0.2) is 12.1 Å². The second kappa shape index (κ2) is 4.37. The number of aliphatic hydroxyl groups is 1. The number of carbonyl (C=O) groups is 1. The number of amides is 1. The maximum atomic E-state index is 11.9. The average Bonchev–Trinajstić information content (AvgIpc) is 2.65. The van der Waals surface area contributed by atoms with Gasteiger partial charge in [0.1, 0.15) is 0 Å². The third kappa shape index (κ3) is 2.13. The highest BCUT2D eigenvalue weighted by atomic mass is 16.3. The van der Waals surface area contributed by atoms with E-state index in [1.807, 2.05) is 26.0 Å². The molecule has 1 saturated heterocycles. The van der Waals surface area contributed by atoms with Crippen LogP contribution in [0.25, 0.3) is 0 Å². The normalized spacial score (nSPS) is 20.1. The highest BCUT2D eigenvalue weighted by Crippen LogP contribution is 2.32. The molecule has 1 aliphatic heterocycles. The van der Waals surface area contributed by atoms with Crippen molar-refractivity contribution < 1.29 is 9.90 Å². The van der Waals surface area contributed by atoms with Crippen molar-refractivity contribution in [3.63, 3.8) is 0 Å². The number of carbonyl (C=O) groups excluding carboxylic acids is 1. The first-order chi connectivity index (χ1) is 8.02. The summed E-state index contributed by atoms with van der Waals surface area (Å²) in [4.78, 5) is 13.6. The van der Waals surface area contributed by atoms with Gasteiger partial charge in [-0.15, -0.1) is 0 Å². The molecule has 0 saturated carbocycles. The Morgan fingerprint density at radius 1 is 1.47 bits per heavy atom. The van der Waals surface area contributed by atoms with Gasteiger partial charge in [-0.05, 0) is 31.0 Å². The van der Waals surface area contributed by atoms with Crippen molar-refractivity contribution in [2.24, 2.45) is 5.92 Å². The molecule has 3 N–H and O–H groups in total. The zero-order valence-corrected chi connectivity index (χ0v) is 10.2. The van der Waals surface area contributed by atoms with Gasteiger partial charge in [-0.25, -0.2) is 0 Å². The van der Waals surface area contributed by atoms with Crippen LogP contribution in [-0.4, -0.2) is 24.2 Å². The number of nitrogens with two attached hydrogens (primary N) is 1. The summed E-state index contributed by atoms with van der Waals surface area (Å²) in [5.41, 5.74) is 9.54. The first-order valence-corrected chi connectivity index (χ1v) is 5.81. The van der Waals surface area contributed by atoms with E-state index in [0.717, 1.165) is 16.8 Å². The lowest BCUT2D eigenvalue weighted by Gasteiger charge is -2.20. The fourth-order valence-electron chi connectivity index (χ4n) is 2.32. The zero-order chi connectivity index (χ0) is 12.6. The SMILES string of the molecule is Cc1cc(C)c(N)c(N2CC(CO)CC2=O)c1. The number of rotatable bonds is 2. The van der Waals surface area contributed by atoms with E-state index in [4.69, 9.17) is 10.8 Å². The van der Waals surface area contributed by atoms with Crippen LogP contribution in [0.2, 0.25) is 0 Å². The molecule has 1 aromatic carbocycles. The van der Waals surface area contributed by atoms with E-state index in [2.05, 4.69) is 0 Å². The summed E-state index contributed by atoms with van der Waals surface area (Å²) in [7, 11) is 0. The second-order valence-corrected chi connectivity index (χ2v) is 4.77. The Balaban J connectivity index is 2.38. The minimum absolute atomic E-state index is 0.0303. The number of nitrogens with zero attached hydrogens (tertiary/aromatic N) is 1. The molecule has 1 fully saturated rings. The van der Waals surface area contributed by atoms with Crippen molar-refractivity contribution >= 4 is 17.3 Å². The topological polar surface area (TPSA) is 66.6 Å². The third-order valence-electron chi connectivity index (χ3n) is 3.26. The molecular weight excluding hydrogens is 216 g/mol. The van der Waals surface area contributed by atoms with Crippen LogP contribution < -0.4 is 10.6 Å². The number of hydrogen-bond donors (Lipinski definition) is 2. The lowest BCUT2D eigenvalue weighted by molar-refractivity contribution is -0.117. The Labute approximate surface area is 101 Å². The molecule has 1 aliphatic rings. The maximum Gasteiger partial charge on any atom is 0.227 e. The summed E-state index contributed by atoms with van der Waals surface area (Å²) < 4.78 is 0. The summed E-state index contributed by atoms with van der Waals surface area (Å²) in [6.45, 7) is 4.53. The van der Waals surface area contributed by atoms with E-state index in [9.17, 15) is 4.79 Å². The van der Waals surface area contributed by atoms with Gasteiger partial charge in [-0.2, -0.15) is 0 Å². The summed E-state index contributed by atoms with van der Waals surface area (Å²) in [6.07, 6.45) is 0.406. The van der Waals surface area contributed by atoms with Gasteiger partial charge in [0.2, 0.25) is 5.91 Å². The van der Waals surface area contributed by atoms with Crippen LogP contribution in [0.1, 0.15) is 17.5 Å². The van der Waals surface area contributed by atoms with Crippen LogP contribution in [0.4, 0.5) is 11.4 Å². The van der Waals surface area contributed by atoms with Gasteiger partial charge in [0.25, 0.3) is 0 Å². The molecule has 4 nitrogen and oxygen atoms in total. The van der Waals surface area contributed by atoms with Crippen LogP contribution >= 0.6 is 0 Å². The van der Waals surface area contributed by atoms with Crippen molar-refractivity contribution in [2.45, 2.75) is 20.3 Å². The molecule has 2 rings (SSSR count). The standard InChI is InChI=1S/C13H18N2O2/c1-8-3-9(2)13(14)11(4-8)15-6-10(7-16)5-12(15)17/h3-4,10,16H,5-7,14H2,1-2H3. The number of aryl methyl sites for hydroxylation is 2. The highest BCUT2D eigenvalue weighted by Gasteiger charge is 2.31. The summed E-state index contributed by atoms with van der Waals surface area (Å²) in [5, 5.41) is 9.12.